The fourth-order valence-corrected chi connectivity index (χ4v) is 4.64. The molecule has 0 radical (unpaired) electrons. The van der Waals surface area contributed by atoms with E-state index in [2.05, 4.69) is 82.4 Å². The molecule has 158 valence electrons. The van der Waals surface area contributed by atoms with Gasteiger partial charge < -0.3 is 16.4 Å². The molecule has 4 N–H and O–H groups in total. The van der Waals surface area contributed by atoms with Crippen molar-refractivity contribution in [2.45, 2.75) is 13.8 Å². The molecule has 5 rings (SSSR count). The minimum absolute atomic E-state index is 0.485. The van der Waals surface area contributed by atoms with E-state index in [0.29, 0.717) is 5.82 Å². The minimum Gasteiger partial charge on any atom is -0.382 e. The van der Waals surface area contributed by atoms with Crippen LogP contribution in [0, 0.1) is 13.8 Å². The van der Waals surface area contributed by atoms with Crippen LogP contribution in [0.3, 0.4) is 0 Å². The van der Waals surface area contributed by atoms with Gasteiger partial charge in [0.05, 0.1) is 10.2 Å². The quantitative estimate of drug-likeness (QED) is 0.300. The Morgan fingerprint density at radius 2 is 1.78 bits per heavy atom. The number of aromatic nitrogens is 3. The van der Waals surface area contributed by atoms with Gasteiger partial charge >= 0.3 is 0 Å². The zero-order valence-electron chi connectivity index (χ0n) is 17.8. The Bertz CT molecular complexity index is 1470. The second-order valence-corrected chi connectivity index (χ2v) is 8.57. The van der Waals surface area contributed by atoms with Crippen LogP contribution in [0.4, 0.5) is 23.0 Å². The van der Waals surface area contributed by atoms with E-state index in [1.54, 1.807) is 0 Å². The standard InChI is InChI=1S/C25H22N6S/c1-14-4-7-17(8-5-14)31-25-19-9-6-15(2)21(18(19)10-11-27-25)30-16(3)20-12-32-23-22(20)28-13-29-24(23)26/h4-13,30H,3H2,1-2H3,(H,27,31)(H2,26,28,29). The Hall–Kier alpha value is -3.97. The summed E-state index contributed by atoms with van der Waals surface area (Å²) >= 11 is 1.52. The molecule has 0 saturated heterocycles. The number of fused-ring (bicyclic) bond motifs is 2. The van der Waals surface area contributed by atoms with Gasteiger partial charge in [-0.15, -0.1) is 11.3 Å². The molecule has 0 atom stereocenters. The van der Waals surface area contributed by atoms with Crippen molar-refractivity contribution in [3.8, 4) is 0 Å². The van der Waals surface area contributed by atoms with Gasteiger partial charge in [-0.2, -0.15) is 0 Å². The molecule has 0 aliphatic carbocycles. The predicted molar refractivity (Wildman–Crippen MR) is 135 cm³/mol. The SMILES string of the molecule is C=C(Nc1c(C)ccc2c(Nc3ccc(C)cc3)nccc12)c1csc2c(N)ncnc12. The molecule has 0 aliphatic rings. The van der Waals surface area contributed by atoms with Crippen molar-refractivity contribution < 1.29 is 0 Å². The lowest BCUT2D eigenvalue weighted by atomic mass is 10.0. The summed E-state index contributed by atoms with van der Waals surface area (Å²) in [5, 5.41) is 11.1. The third-order valence-corrected chi connectivity index (χ3v) is 6.44. The van der Waals surface area contributed by atoms with Gasteiger partial charge in [0.25, 0.3) is 0 Å². The van der Waals surface area contributed by atoms with Gasteiger partial charge in [0.1, 0.15) is 18.0 Å². The van der Waals surface area contributed by atoms with E-state index in [1.165, 1.54) is 23.2 Å². The Morgan fingerprint density at radius 1 is 0.969 bits per heavy atom. The second-order valence-electron chi connectivity index (χ2n) is 7.69. The number of hydrogen-bond donors (Lipinski definition) is 3. The summed E-state index contributed by atoms with van der Waals surface area (Å²) in [6, 6.07) is 14.5. The smallest absolute Gasteiger partial charge is 0.144 e. The van der Waals surface area contributed by atoms with E-state index in [1.807, 2.05) is 17.6 Å². The van der Waals surface area contributed by atoms with E-state index < -0.39 is 0 Å². The highest BCUT2D eigenvalue weighted by molar-refractivity contribution is 7.18. The molecule has 0 aliphatic heterocycles. The molecule has 0 bridgehead atoms. The number of nitrogens with zero attached hydrogens (tertiary/aromatic N) is 3. The van der Waals surface area contributed by atoms with Crippen molar-refractivity contribution in [3.63, 3.8) is 0 Å². The van der Waals surface area contributed by atoms with E-state index >= 15 is 0 Å². The fraction of sp³-hybridized carbons (Fsp3) is 0.0800. The fourth-order valence-electron chi connectivity index (χ4n) is 3.70. The molecule has 2 aromatic carbocycles. The number of thiophene rings is 1. The largest absolute Gasteiger partial charge is 0.382 e. The Balaban J connectivity index is 1.53. The van der Waals surface area contributed by atoms with Crippen LogP contribution in [0.5, 0.6) is 0 Å². The lowest BCUT2D eigenvalue weighted by Crippen LogP contribution is -2.02. The van der Waals surface area contributed by atoms with Crippen molar-refractivity contribution in [3.05, 3.63) is 83.6 Å². The average molecular weight is 439 g/mol. The van der Waals surface area contributed by atoms with Crippen molar-refractivity contribution in [1.29, 1.82) is 0 Å². The highest BCUT2D eigenvalue weighted by Crippen LogP contribution is 2.36. The van der Waals surface area contributed by atoms with Crippen LogP contribution < -0.4 is 16.4 Å². The molecule has 32 heavy (non-hydrogen) atoms. The van der Waals surface area contributed by atoms with E-state index in [-0.39, 0.29) is 0 Å². The normalized spacial score (nSPS) is 11.1. The molecular weight excluding hydrogens is 416 g/mol. The highest BCUT2D eigenvalue weighted by atomic mass is 32.1. The Labute approximate surface area is 189 Å². The van der Waals surface area contributed by atoms with Gasteiger partial charge in [0, 0.05) is 45.0 Å². The zero-order valence-corrected chi connectivity index (χ0v) is 18.6. The van der Waals surface area contributed by atoms with Crippen molar-refractivity contribution in [1.82, 2.24) is 15.0 Å². The van der Waals surface area contributed by atoms with Gasteiger partial charge in [-0.25, -0.2) is 15.0 Å². The van der Waals surface area contributed by atoms with Crippen LogP contribution >= 0.6 is 11.3 Å². The summed E-state index contributed by atoms with van der Waals surface area (Å²) in [6.45, 7) is 8.43. The number of anilines is 4. The molecule has 3 heterocycles. The maximum absolute atomic E-state index is 6.00. The third-order valence-electron chi connectivity index (χ3n) is 5.45. The number of pyridine rings is 1. The van der Waals surface area contributed by atoms with Crippen molar-refractivity contribution in [2.24, 2.45) is 0 Å². The zero-order chi connectivity index (χ0) is 22.2. The van der Waals surface area contributed by atoms with E-state index in [4.69, 9.17) is 5.73 Å². The molecular formula is C25H22N6S. The number of nitrogens with two attached hydrogens (primary N) is 1. The van der Waals surface area contributed by atoms with Crippen LogP contribution in [0.25, 0.3) is 26.7 Å². The molecule has 0 amide bonds. The lowest BCUT2D eigenvalue weighted by Gasteiger charge is -2.16. The van der Waals surface area contributed by atoms with Gasteiger partial charge in [-0.1, -0.05) is 36.4 Å². The number of nitrogen functional groups attached to an aromatic ring is 1. The summed E-state index contributed by atoms with van der Waals surface area (Å²) in [7, 11) is 0. The number of benzene rings is 2. The molecule has 3 aromatic heterocycles. The first kappa shape index (κ1) is 20.0. The van der Waals surface area contributed by atoms with Crippen LogP contribution in [-0.2, 0) is 0 Å². The Kier molecular flexibility index (Phi) is 4.95. The molecule has 7 heteroatoms. The molecule has 0 fully saturated rings. The number of hydrogen-bond acceptors (Lipinski definition) is 7. The van der Waals surface area contributed by atoms with Gasteiger partial charge in [-0.05, 0) is 37.6 Å². The first-order valence-corrected chi connectivity index (χ1v) is 11.0. The number of rotatable bonds is 5. The van der Waals surface area contributed by atoms with Gasteiger partial charge in [-0.3, -0.25) is 0 Å². The van der Waals surface area contributed by atoms with E-state index in [0.717, 1.165) is 55.0 Å². The first-order chi connectivity index (χ1) is 15.5. The molecule has 6 nitrogen and oxygen atoms in total. The molecule has 0 saturated carbocycles. The third kappa shape index (κ3) is 3.52. The summed E-state index contributed by atoms with van der Waals surface area (Å²) in [4.78, 5) is 13.1. The van der Waals surface area contributed by atoms with Crippen LogP contribution in [0.2, 0.25) is 0 Å². The monoisotopic (exact) mass is 438 g/mol. The highest BCUT2D eigenvalue weighted by Gasteiger charge is 2.15. The van der Waals surface area contributed by atoms with E-state index in [9.17, 15) is 0 Å². The summed E-state index contributed by atoms with van der Waals surface area (Å²) in [5.41, 5.74) is 12.8. The van der Waals surface area contributed by atoms with Crippen molar-refractivity contribution >= 4 is 61.0 Å². The van der Waals surface area contributed by atoms with Gasteiger partial charge in [0.15, 0.2) is 0 Å². The van der Waals surface area contributed by atoms with Crippen molar-refractivity contribution in [2.75, 3.05) is 16.4 Å². The Morgan fingerprint density at radius 3 is 2.59 bits per heavy atom. The van der Waals surface area contributed by atoms with Crippen LogP contribution in [-0.4, -0.2) is 15.0 Å². The second kappa shape index (κ2) is 7.94. The summed E-state index contributed by atoms with van der Waals surface area (Å²) < 4.78 is 0.869. The number of nitrogens with one attached hydrogen (secondary N) is 2. The van der Waals surface area contributed by atoms with Crippen LogP contribution in [0.15, 0.2) is 66.9 Å². The molecule has 0 spiro atoms. The number of aryl methyl sites for hydroxylation is 2. The summed E-state index contributed by atoms with van der Waals surface area (Å²) in [5.74, 6) is 1.29. The van der Waals surface area contributed by atoms with Crippen LogP contribution in [0.1, 0.15) is 16.7 Å². The maximum atomic E-state index is 6.00. The first-order valence-electron chi connectivity index (χ1n) is 10.2. The minimum atomic E-state index is 0.485. The van der Waals surface area contributed by atoms with Gasteiger partial charge in [0.2, 0.25) is 0 Å². The lowest BCUT2D eigenvalue weighted by molar-refractivity contribution is 1.23. The topological polar surface area (TPSA) is 88.8 Å². The predicted octanol–water partition coefficient (Wildman–Crippen LogP) is 6.26. The maximum Gasteiger partial charge on any atom is 0.144 e. The average Bonchev–Trinajstić information content (AvgIpc) is 3.23. The molecule has 5 aromatic rings. The summed E-state index contributed by atoms with van der Waals surface area (Å²) in [6.07, 6.45) is 3.30. The molecule has 0 unspecified atom stereocenters.